The molecule has 0 saturated carbocycles. The molecule has 4 nitrogen and oxygen atoms in total. The van der Waals surface area contributed by atoms with Gasteiger partial charge >= 0.3 is 51.4 Å². The van der Waals surface area contributed by atoms with E-state index >= 15 is 0 Å². The molecule has 0 amide bonds. The van der Waals surface area contributed by atoms with Crippen molar-refractivity contribution in [3.63, 3.8) is 0 Å². The topological polar surface area (TPSA) is 66.2 Å². The molecule has 2 aromatic heterocycles. The fourth-order valence-corrected chi connectivity index (χ4v) is 2.68. The normalized spacial score (nSPS) is 10.0. The summed E-state index contributed by atoms with van der Waals surface area (Å²) in [6.45, 7) is 0. The second kappa shape index (κ2) is 9.14. The van der Waals surface area contributed by atoms with E-state index in [1.807, 2.05) is 12.1 Å². The number of phenolic OH excluding ortho intramolecular Hbond substituents is 2. The summed E-state index contributed by atoms with van der Waals surface area (Å²) in [4.78, 5) is 8.01. The number of aromatic nitrogens is 2. The van der Waals surface area contributed by atoms with Crippen LogP contribution < -0.4 is 0 Å². The van der Waals surface area contributed by atoms with Gasteiger partial charge in [-0.2, -0.15) is 0 Å². The van der Waals surface area contributed by atoms with Gasteiger partial charge in [0.15, 0.2) is 0 Å². The molecule has 0 aliphatic rings. The fourth-order valence-electron chi connectivity index (χ4n) is 2.25. The number of nitrogens with zero attached hydrogens (tertiary/aromatic N) is 2. The summed E-state index contributed by atoms with van der Waals surface area (Å²) < 4.78 is 0. The van der Waals surface area contributed by atoms with Crippen LogP contribution in [0.5, 0.6) is 11.5 Å². The van der Waals surface area contributed by atoms with E-state index in [0.717, 1.165) is 10.8 Å². The Morgan fingerprint density at radius 2 is 1.04 bits per heavy atom. The number of hydrogen-bond acceptors (Lipinski definition) is 4. The van der Waals surface area contributed by atoms with E-state index in [1.165, 1.54) is 12.1 Å². The SMILES string of the molecule is Oc1ccc(Cl)c2cccnc12.Oc1ccc(Cl)c2cccnc12.[KH]. The zero-order valence-corrected chi connectivity index (χ0v) is 13.8. The molecule has 25 heavy (non-hydrogen) atoms. The predicted molar refractivity (Wildman–Crippen MR) is 104 cm³/mol. The summed E-state index contributed by atoms with van der Waals surface area (Å²) in [5.74, 6) is 0.324. The van der Waals surface area contributed by atoms with Gasteiger partial charge in [0.1, 0.15) is 22.5 Å². The van der Waals surface area contributed by atoms with Crippen molar-refractivity contribution in [1.82, 2.24) is 9.97 Å². The molecule has 0 radical (unpaired) electrons. The number of pyridine rings is 2. The molecule has 122 valence electrons. The molecule has 2 aromatic carbocycles. The third kappa shape index (κ3) is 4.63. The Kier molecular flexibility index (Phi) is 7.46. The summed E-state index contributed by atoms with van der Waals surface area (Å²) in [5, 5.41) is 21.5. The molecule has 0 saturated heterocycles. The van der Waals surface area contributed by atoms with E-state index in [1.54, 1.807) is 36.7 Å². The van der Waals surface area contributed by atoms with Crippen LogP contribution in [0.1, 0.15) is 0 Å². The average molecular weight is 399 g/mol. The first-order valence-corrected chi connectivity index (χ1v) is 7.78. The Hall–Kier alpha value is -0.924. The molecule has 0 atom stereocenters. The fraction of sp³-hybridized carbons (Fsp3) is 0. The first-order chi connectivity index (χ1) is 11.6. The minimum absolute atomic E-state index is 0. The van der Waals surface area contributed by atoms with Crippen LogP contribution in [0.3, 0.4) is 0 Å². The summed E-state index contributed by atoms with van der Waals surface area (Å²) in [6, 6.07) is 13.6. The van der Waals surface area contributed by atoms with Crippen LogP contribution in [0, 0.1) is 0 Å². The second-order valence-electron chi connectivity index (χ2n) is 4.93. The first-order valence-electron chi connectivity index (χ1n) is 7.02. The maximum absolute atomic E-state index is 9.37. The average Bonchev–Trinajstić information content (AvgIpc) is 2.63. The van der Waals surface area contributed by atoms with Crippen molar-refractivity contribution in [1.29, 1.82) is 0 Å². The molecule has 2 N–H and O–H groups in total. The number of aromatic hydroxyl groups is 2. The Balaban J connectivity index is 0.000000173. The van der Waals surface area contributed by atoms with Crippen LogP contribution in [0.25, 0.3) is 21.8 Å². The van der Waals surface area contributed by atoms with E-state index in [9.17, 15) is 10.2 Å². The van der Waals surface area contributed by atoms with Gasteiger partial charge in [0, 0.05) is 23.2 Å². The van der Waals surface area contributed by atoms with Crippen LogP contribution in [0.15, 0.2) is 60.9 Å². The van der Waals surface area contributed by atoms with E-state index in [-0.39, 0.29) is 62.9 Å². The van der Waals surface area contributed by atoms with Crippen molar-refractivity contribution in [3.8, 4) is 11.5 Å². The van der Waals surface area contributed by atoms with Gasteiger partial charge in [-0.15, -0.1) is 0 Å². The van der Waals surface area contributed by atoms with Crippen molar-refractivity contribution in [2.24, 2.45) is 0 Å². The molecule has 0 unspecified atom stereocenters. The summed E-state index contributed by atoms with van der Waals surface area (Å²) in [6.07, 6.45) is 3.25. The van der Waals surface area contributed by atoms with Gasteiger partial charge < -0.3 is 10.2 Å². The van der Waals surface area contributed by atoms with Crippen LogP contribution in [0.4, 0.5) is 0 Å². The number of hydrogen-bond donors (Lipinski definition) is 2. The van der Waals surface area contributed by atoms with Crippen molar-refractivity contribution in [2.75, 3.05) is 0 Å². The van der Waals surface area contributed by atoms with Gasteiger partial charge in [0.2, 0.25) is 0 Å². The van der Waals surface area contributed by atoms with Gasteiger partial charge in [0.05, 0.1) is 10.0 Å². The van der Waals surface area contributed by atoms with Gasteiger partial charge in [-0.1, -0.05) is 23.2 Å². The maximum atomic E-state index is 9.37. The zero-order chi connectivity index (χ0) is 17.1. The monoisotopic (exact) mass is 398 g/mol. The van der Waals surface area contributed by atoms with Gasteiger partial charge in [-0.3, -0.25) is 9.97 Å². The van der Waals surface area contributed by atoms with Gasteiger partial charge in [-0.05, 0) is 48.5 Å². The molecule has 0 fully saturated rings. The van der Waals surface area contributed by atoms with Crippen molar-refractivity contribution < 1.29 is 10.2 Å². The van der Waals surface area contributed by atoms with Crippen molar-refractivity contribution >= 4 is 96.4 Å². The summed E-state index contributed by atoms with van der Waals surface area (Å²) in [7, 11) is 0. The van der Waals surface area contributed by atoms with Crippen LogP contribution >= 0.6 is 23.2 Å². The first kappa shape index (κ1) is 20.4. The molecule has 2 heterocycles. The molecule has 0 aliphatic heterocycles. The molecule has 4 rings (SSSR count). The van der Waals surface area contributed by atoms with E-state index < -0.39 is 0 Å². The van der Waals surface area contributed by atoms with Crippen LogP contribution in [-0.2, 0) is 0 Å². The molecule has 0 aliphatic carbocycles. The minimum atomic E-state index is 0. The van der Waals surface area contributed by atoms with Crippen molar-refractivity contribution in [2.45, 2.75) is 0 Å². The van der Waals surface area contributed by atoms with Crippen LogP contribution in [-0.4, -0.2) is 71.6 Å². The number of fused-ring (bicyclic) bond motifs is 2. The van der Waals surface area contributed by atoms with Crippen LogP contribution in [0.2, 0.25) is 10.0 Å². The Labute approximate surface area is 196 Å². The quantitative estimate of drug-likeness (QED) is 0.426. The standard InChI is InChI=1S/2C9H6ClNO.K.H/c2*10-7-3-4-8(12)9-6(7)2-1-5-11-9;;/h2*1-5,12H;;. The zero-order valence-electron chi connectivity index (χ0n) is 12.3. The second-order valence-corrected chi connectivity index (χ2v) is 5.75. The van der Waals surface area contributed by atoms with E-state index in [2.05, 4.69) is 9.97 Å². The molecular formula is C18H13Cl2KN2O2. The third-order valence-electron chi connectivity index (χ3n) is 3.39. The summed E-state index contributed by atoms with van der Waals surface area (Å²) in [5.41, 5.74) is 1.09. The third-order valence-corrected chi connectivity index (χ3v) is 4.05. The molecule has 0 spiro atoms. The molecule has 4 aromatic rings. The van der Waals surface area contributed by atoms with Gasteiger partial charge in [-0.25, -0.2) is 0 Å². The molecule has 7 heteroatoms. The number of rotatable bonds is 0. The van der Waals surface area contributed by atoms with E-state index in [4.69, 9.17) is 23.2 Å². The summed E-state index contributed by atoms with van der Waals surface area (Å²) >= 11 is 11.8. The van der Waals surface area contributed by atoms with Gasteiger partial charge in [0.25, 0.3) is 0 Å². The number of halogens is 2. The van der Waals surface area contributed by atoms with Crippen molar-refractivity contribution in [3.05, 3.63) is 71.0 Å². The number of benzene rings is 2. The molecular weight excluding hydrogens is 386 g/mol. The number of phenols is 2. The Morgan fingerprint density at radius 1 is 0.640 bits per heavy atom. The molecule has 0 bridgehead atoms. The Morgan fingerprint density at radius 3 is 1.40 bits per heavy atom. The predicted octanol–water partition coefficient (Wildman–Crippen LogP) is 4.54. The van der Waals surface area contributed by atoms with E-state index in [0.29, 0.717) is 21.1 Å². The Bertz CT molecular complexity index is 864.